The summed E-state index contributed by atoms with van der Waals surface area (Å²) in [6, 6.07) is 0. The molecular formula is C10H21N3O4. The van der Waals surface area contributed by atoms with Gasteiger partial charge in [-0.2, -0.15) is 0 Å². The molecule has 1 unspecified atom stereocenters. The van der Waals surface area contributed by atoms with Crippen LogP contribution in [0.1, 0.15) is 19.8 Å². The molecular weight excluding hydrogens is 226 g/mol. The van der Waals surface area contributed by atoms with Crippen LogP contribution in [0.25, 0.3) is 0 Å². The second kappa shape index (κ2) is 8.91. The maximum Gasteiger partial charge on any atom is 0.308 e. The van der Waals surface area contributed by atoms with E-state index in [-0.39, 0.29) is 12.3 Å². The Hall–Kier alpha value is -1.18. The molecule has 0 aliphatic carbocycles. The summed E-state index contributed by atoms with van der Waals surface area (Å²) in [4.78, 5) is 23.6. The molecule has 1 amide bonds. The number of carboxylic acid groups (broad SMARTS) is 1. The molecule has 17 heavy (non-hydrogen) atoms. The van der Waals surface area contributed by atoms with E-state index in [1.807, 2.05) is 6.92 Å². The normalized spacial score (nSPS) is 18.9. The van der Waals surface area contributed by atoms with Gasteiger partial charge in [-0.15, -0.1) is 0 Å². The van der Waals surface area contributed by atoms with Gasteiger partial charge < -0.3 is 14.7 Å². The van der Waals surface area contributed by atoms with E-state index in [1.54, 1.807) is 4.90 Å². The zero-order valence-electron chi connectivity index (χ0n) is 10.1. The van der Waals surface area contributed by atoms with Gasteiger partial charge in [-0.1, -0.05) is 6.92 Å². The summed E-state index contributed by atoms with van der Waals surface area (Å²) in [6.45, 7) is 4.02. The third-order valence-electron chi connectivity index (χ3n) is 2.42. The lowest BCUT2D eigenvalue weighted by molar-refractivity contribution is -0.141. The number of nitrogens with zero attached hydrogens (tertiary/aromatic N) is 1. The van der Waals surface area contributed by atoms with Crippen LogP contribution in [0.2, 0.25) is 0 Å². The molecule has 7 nitrogen and oxygen atoms in total. The van der Waals surface area contributed by atoms with E-state index in [9.17, 15) is 9.59 Å². The van der Waals surface area contributed by atoms with Crippen LogP contribution in [0.5, 0.6) is 0 Å². The Kier molecular flexibility index (Phi) is 8.29. The third kappa shape index (κ3) is 5.62. The minimum Gasteiger partial charge on any atom is -0.481 e. The van der Waals surface area contributed by atoms with Gasteiger partial charge in [0.25, 0.3) is 0 Å². The first kappa shape index (κ1) is 15.8. The van der Waals surface area contributed by atoms with Crippen molar-refractivity contribution in [3.8, 4) is 0 Å². The van der Waals surface area contributed by atoms with E-state index in [0.29, 0.717) is 26.3 Å². The minimum absolute atomic E-state index is 0.0810. The van der Waals surface area contributed by atoms with E-state index in [2.05, 4.69) is 11.7 Å². The van der Waals surface area contributed by atoms with Crippen molar-refractivity contribution in [3.05, 3.63) is 0 Å². The van der Waals surface area contributed by atoms with Gasteiger partial charge in [0.05, 0.1) is 12.5 Å². The van der Waals surface area contributed by atoms with Crippen molar-refractivity contribution < 1.29 is 19.4 Å². The molecule has 1 aliphatic rings. The molecule has 0 saturated carbocycles. The van der Waals surface area contributed by atoms with Gasteiger partial charge in [0.2, 0.25) is 5.91 Å². The number of hydrazine groups is 1. The molecule has 0 spiro atoms. The van der Waals surface area contributed by atoms with Crippen LogP contribution >= 0.6 is 0 Å². The molecule has 0 bridgehead atoms. The van der Waals surface area contributed by atoms with Crippen molar-refractivity contribution in [3.63, 3.8) is 0 Å². The van der Waals surface area contributed by atoms with Crippen molar-refractivity contribution in [2.75, 3.05) is 26.3 Å². The van der Waals surface area contributed by atoms with Crippen LogP contribution in [0, 0.1) is 5.92 Å². The van der Waals surface area contributed by atoms with Crippen LogP contribution < -0.4 is 11.7 Å². The number of hydrogen-bond acceptors (Lipinski definition) is 5. The summed E-state index contributed by atoms with van der Waals surface area (Å²) in [7, 11) is 0. The average molecular weight is 247 g/mol. The largest absolute Gasteiger partial charge is 0.481 e. The van der Waals surface area contributed by atoms with E-state index in [0.717, 1.165) is 6.42 Å². The van der Waals surface area contributed by atoms with Gasteiger partial charge >= 0.3 is 5.97 Å². The second-order valence-electron chi connectivity index (χ2n) is 3.69. The Labute approximate surface area is 101 Å². The van der Waals surface area contributed by atoms with E-state index < -0.39 is 11.9 Å². The number of nitrogens with two attached hydrogens (primary N) is 2. The molecule has 1 fully saturated rings. The number of carboxylic acids is 1. The summed E-state index contributed by atoms with van der Waals surface area (Å²) in [5.74, 6) is 6.49. The molecule has 7 heteroatoms. The zero-order valence-corrected chi connectivity index (χ0v) is 10.1. The number of ether oxygens (including phenoxy) is 1. The molecule has 1 aliphatic heterocycles. The third-order valence-corrected chi connectivity index (χ3v) is 2.42. The predicted octanol–water partition coefficient (Wildman–Crippen LogP) is -0.835. The molecule has 0 aromatic rings. The smallest absolute Gasteiger partial charge is 0.308 e. The van der Waals surface area contributed by atoms with Crippen LogP contribution in [-0.4, -0.2) is 48.2 Å². The maximum absolute atomic E-state index is 11.4. The topological polar surface area (TPSA) is 119 Å². The lowest BCUT2D eigenvalue weighted by atomic mass is 10.1. The number of carbonyl (C=O) groups is 2. The highest BCUT2D eigenvalue weighted by atomic mass is 16.5. The molecule has 0 radical (unpaired) electrons. The molecule has 1 saturated heterocycles. The monoisotopic (exact) mass is 247 g/mol. The molecule has 1 heterocycles. The molecule has 100 valence electrons. The first-order chi connectivity index (χ1) is 8.15. The van der Waals surface area contributed by atoms with Gasteiger partial charge in [-0.05, 0) is 6.42 Å². The number of aliphatic carboxylic acids is 1. The first-order valence-electron chi connectivity index (χ1n) is 5.56. The Bertz CT molecular complexity index is 248. The quantitative estimate of drug-likeness (QED) is 0.320. The van der Waals surface area contributed by atoms with Crippen molar-refractivity contribution in [2.45, 2.75) is 19.8 Å². The SMILES string of the molecule is CCCOCCN1CC(C(=O)O)CC1=O.NN. The highest BCUT2D eigenvalue weighted by Crippen LogP contribution is 2.17. The fraction of sp³-hybridized carbons (Fsp3) is 0.800. The highest BCUT2D eigenvalue weighted by molar-refractivity contribution is 5.86. The zero-order chi connectivity index (χ0) is 13.3. The summed E-state index contributed by atoms with van der Waals surface area (Å²) in [5, 5.41) is 8.75. The summed E-state index contributed by atoms with van der Waals surface area (Å²) in [5.41, 5.74) is 0. The van der Waals surface area contributed by atoms with Crippen molar-refractivity contribution in [1.82, 2.24) is 4.90 Å². The minimum atomic E-state index is -0.889. The van der Waals surface area contributed by atoms with Crippen LogP contribution in [0.3, 0.4) is 0 Å². The molecule has 1 atom stereocenters. The van der Waals surface area contributed by atoms with Crippen LogP contribution in [0.4, 0.5) is 0 Å². The lowest BCUT2D eigenvalue weighted by Gasteiger charge is -2.15. The van der Waals surface area contributed by atoms with Crippen molar-refractivity contribution in [1.29, 1.82) is 0 Å². The predicted molar refractivity (Wildman–Crippen MR) is 61.8 cm³/mol. The first-order valence-corrected chi connectivity index (χ1v) is 5.56. The molecule has 1 rings (SSSR count). The van der Waals surface area contributed by atoms with E-state index in [4.69, 9.17) is 9.84 Å². The summed E-state index contributed by atoms with van der Waals surface area (Å²) >= 11 is 0. The Morgan fingerprint density at radius 1 is 1.53 bits per heavy atom. The Morgan fingerprint density at radius 2 is 2.18 bits per heavy atom. The number of amides is 1. The maximum atomic E-state index is 11.4. The lowest BCUT2D eigenvalue weighted by Crippen LogP contribution is -2.29. The van der Waals surface area contributed by atoms with Crippen LogP contribution in [0.15, 0.2) is 0 Å². The average Bonchev–Trinajstić information content (AvgIpc) is 2.69. The fourth-order valence-electron chi connectivity index (χ4n) is 1.57. The number of carbonyl (C=O) groups excluding carboxylic acids is 1. The van der Waals surface area contributed by atoms with Crippen LogP contribution in [-0.2, 0) is 14.3 Å². The van der Waals surface area contributed by atoms with Crippen molar-refractivity contribution in [2.24, 2.45) is 17.6 Å². The Balaban J connectivity index is 0.00000121. The summed E-state index contributed by atoms with van der Waals surface area (Å²) in [6.07, 6.45) is 1.08. The number of likely N-dealkylation sites (tertiary alicyclic amines) is 1. The standard InChI is InChI=1S/C10H17NO4.H4N2/c1-2-4-15-5-3-11-7-8(10(13)14)6-9(11)12;1-2/h8H,2-7H2,1H3,(H,13,14);1-2H2. The Morgan fingerprint density at radius 3 is 2.65 bits per heavy atom. The van der Waals surface area contributed by atoms with Crippen molar-refractivity contribution >= 4 is 11.9 Å². The molecule has 0 aromatic carbocycles. The van der Waals surface area contributed by atoms with E-state index in [1.165, 1.54) is 0 Å². The van der Waals surface area contributed by atoms with Gasteiger partial charge in [0, 0.05) is 26.1 Å². The van der Waals surface area contributed by atoms with Gasteiger partial charge in [-0.3, -0.25) is 21.3 Å². The number of rotatable bonds is 6. The molecule has 5 N–H and O–H groups in total. The molecule has 0 aromatic heterocycles. The fourth-order valence-corrected chi connectivity index (χ4v) is 1.57. The van der Waals surface area contributed by atoms with E-state index >= 15 is 0 Å². The number of hydrogen-bond donors (Lipinski definition) is 3. The summed E-state index contributed by atoms with van der Waals surface area (Å²) < 4.78 is 5.25. The van der Waals surface area contributed by atoms with Gasteiger partial charge in [0.1, 0.15) is 0 Å². The second-order valence-corrected chi connectivity index (χ2v) is 3.69. The highest BCUT2D eigenvalue weighted by Gasteiger charge is 2.33. The van der Waals surface area contributed by atoms with Gasteiger partial charge in [0.15, 0.2) is 0 Å². The van der Waals surface area contributed by atoms with Gasteiger partial charge in [-0.25, -0.2) is 0 Å².